The first kappa shape index (κ1) is 14.9. The fourth-order valence-electron chi connectivity index (χ4n) is 2.31. The molecule has 0 spiro atoms. The van der Waals surface area contributed by atoms with Crippen molar-refractivity contribution < 1.29 is 9.18 Å². The number of nitrogens with zero attached hydrogens (tertiary/aromatic N) is 1. The van der Waals surface area contributed by atoms with Crippen molar-refractivity contribution in [2.24, 2.45) is 0 Å². The summed E-state index contributed by atoms with van der Waals surface area (Å²) < 4.78 is 13.5. The van der Waals surface area contributed by atoms with Gasteiger partial charge in [0.2, 0.25) is 5.91 Å². The van der Waals surface area contributed by atoms with Gasteiger partial charge in [-0.2, -0.15) is 0 Å². The molecule has 0 aliphatic rings. The number of benzene rings is 2. The number of carbonyl (C=O) groups is 1. The Morgan fingerprint density at radius 2 is 1.91 bits per heavy atom. The normalized spacial score (nSPS) is 11.0. The van der Waals surface area contributed by atoms with Crippen molar-refractivity contribution in [3.63, 3.8) is 0 Å². The molecule has 0 fully saturated rings. The van der Waals surface area contributed by atoms with E-state index < -0.39 is 0 Å². The van der Waals surface area contributed by atoms with Crippen LogP contribution in [0.25, 0.3) is 17.0 Å². The maximum Gasteiger partial charge on any atom is 0.244 e. The molecule has 0 saturated heterocycles. The molecule has 114 valence electrons. The lowest BCUT2D eigenvalue weighted by Crippen LogP contribution is -2.20. The van der Waals surface area contributed by atoms with E-state index in [4.69, 9.17) is 0 Å². The first-order valence-electron chi connectivity index (χ1n) is 7.27. The third-order valence-electron chi connectivity index (χ3n) is 3.49. The van der Waals surface area contributed by atoms with Crippen molar-refractivity contribution in [3.8, 4) is 0 Å². The predicted octanol–water partition coefficient (Wildman–Crippen LogP) is 3.70. The molecule has 0 radical (unpaired) electrons. The number of carbonyl (C=O) groups excluding carboxylic acids is 1. The lowest BCUT2D eigenvalue weighted by Gasteiger charge is -2.04. The van der Waals surface area contributed by atoms with E-state index in [9.17, 15) is 9.18 Å². The van der Waals surface area contributed by atoms with Gasteiger partial charge in [-0.3, -0.25) is 9.78 Å². The summed E-state index contributed by atoms with van der Waals surface area (Å²) in [4.78, 5) is 16.2. The van der Waals surface area contributed by atoms with Gasteiger partial charge in [0.15, 0.2) is 0 Å². The molecule has 1 heterocycles. The van der Waals surface area contributed by atoms with Crippen LogP contribution in [0.1, 0.15) is 11.1 Å². The quantitative estimate of drug-likeness (QED) is 0.747. The topological polar surface area (TPSA) is 42.0 Å². The molecule has 3 aromatic rings. The van der Waals surface area contributed by atoms with Crippen molar-refractivity contribution in [1.29, 1.82) is 0 Å². The maximum absolute atomic E-state index is 13.5. The molecule has 2 aromatic carbocycles. The largest absolute Gasteiger partial charge is 0.348 e. The molecule has 0 saturated carbocycles. The van der Waals surface area contributed by atoms with Crippen molar-refractivity contribution in [3.05, 3.63) is 83.8 Å². The molecule has 3 rings (SSSR count). The van der Waals surface area contributed by atoms with Crippen molar-refractivity contribution >= 4 is 22.9 Å². The van der Waals surface area contributed by atoms with E-state index in [0.29, 0.717) is 5.56 Å². The SMILES string of the molecule is O=C(/C=C/c1cccc2cccnc12)NCc1ccccc1F. The molecule has 1 amide bonds. The zero-order valence-electron chi connectivity index (χ0n) is 12.4. The highest BCUT2D eigenvalue weighted by Gasteiger charge is 2.03. The Balaban J connectivity index is 1.70. The average Bonchev–Trinajstić information content (AvgIpc) is 2.59. The molecule has 3 nitrogen and oxygen atoms in total. The van der Waals surface area contributed by atoms with E-state index in [1.54, 1.807) is 30.5 Å². The third-order valence-corrected chi connectivity index (χ3v) is 3.49. The van der Waals surface area contributed by atoms with Gasteiger partial charge in [-0.1, -0.05) is 42.5 Å². The Labute approximate surface area is 133 Å². The number of fused-ring (bicyclic) bond motifs is 1. The molecule has 23 heavy (non-hydrogen) atoms. The molecule has 0 bridgehead atoms. The third kappa shape index (κ3) is 3.61. The van der Waals surface area contributed by atoms with Gasteiger partial charge in [-0.05, 0) is 18.2 Å². The predicted molar refractivity (Wildman–Crippen MR) is 89.0 cm³/mol. The van der Waals surface area contributed by atoms with Gasteiger partial charge in [0.1, 0.15) is 5.82 Å². The van der Waals surface area contributed by atoms with E-state index >= 15 is 0 Å². The van der Waals surface area contributed by atoms with Crippen molar-refractivity contribution in [1.82, 2.24) is 10.3 Å². The van der Waals surface area contributed by atoms with Crippen molar-refractivity contribution in [2.45, 2.75) is 6.54 Å². The number of nitrogens with one attached hydrogen (secondary N) is 1. The van der Waals surface area contributed by atoms with Crippen LogP contribution >= 0.6 is 0 Å². The number of pyridine rings is 1. The number of halogens is 1. The van der Waals surface area contributed by atoms with Gasteiger partial charge in [0.05, 0.1) is 5.52 Å². The number of hydrogen-bond acceptors (Lipinski definition) is 2. The van der Waals surface area contributed by atoms with Gasteiger partial charge in [0, 0.05) is 35.3 Å². The second-order valence-corrected chi connectivity index (χ2v) is 5.06. The molecule has 0 unspecified atom stereocenters. The van der Waals surface area contributed by atoms with Crippen LogP contribution in [0, 0.1) is 5.82 Å². The lowest BCUT2D eigenvalue weighted by molar-refractivity contribution is -0.116. The second-order valence-electron chi connectivity index (χ2n) is 5.06. The minimum absolute atomic E-state index is 0.156. The van der Waals surface area contributed by atoms with Crippen LogP contribution in [0.5, 0.6) is 0 Å². The molecule has 1 aromatic heterocycles. The number of rotatable bonds is 4. The Morgan fingerprint density at radius 3 is 2.78 bits per heavy atom. The first-order chi connectivity index (χ1) is 11.2. The standard InChI is InChI=1S/C19H15FN2O/c20-17-9-2-1-5-16(17)13-22-18(23)11-10-15-7-3-6-14-8-4-12-21-19(14)15/h1-12H,13H2,(H,22,23)/b11-10+. The van der Waals surface area contributed by atoms with Crippen LogP contribution in [-0.4, -0.2) is 10.9 Å². The van der Waals surface area contributed by atoms with E-state index in [0.717, 1.165) is 16.5 Å². The molecule has 1 N–H and O–H groups in total. The van der Waals surface area contributed by atoms with E-state index in [-0.39, 0.29) is 18.3 Å². The fraction of sp³-hybridized carbons (Fsp3) is 0.0526. The maximum atomic E-state index is 13.5. The van der Waals surface area contributed by atoms with Gasteiger partial charge >= 0.3 is 0 Å². The van der Waals surface area contributed by atoms with Gasteiger partial charge in [-0.25, -0.2) is 4.39 Å². The summed E-state index contributed by atoms with van der Waals surface area (Å²) in [6.45, 7) is 0.156. The number of hydrogen-bond donors (Lipinski definition) is 1. The summed E-state index contributed by atoms with van der Waals surface area (Å²) in [6, 6.07) is 16.0. The van der Waals surface area contributed by atoms with Crippen LogP contribution in [-0.2, 0) is 11.3 Å². The van der Waals surface area contributed by atoms with Crippen LogP contribution in [0.4, 0.5) is 4.39 Å². The van der Waals surface area contributed by atoms with Crippen LogP contribution in [0.2, 0.25) is 0 Å². The van der Waals surface area contributed by atoms with Crippen LogP contribution < -0.4 is 5.32 Å². The minimum Gasteiger partial charge on any atom is -0.348 e. The number of amides is 1. The van der Waals surface area contributed by atoms with E-state index in [2.05, 4.69) is 10.3 Å². The highest BCUT2D eigenvalue weighted by molar-refractivity contribution is 5.95. The Bertz CT molecular complexity index is 869. The second kappa shape index (κ2) is 6.83. The summed E-state index contributed by atoms with van der Waals surface area (Å²) in [6.07, 6.45) is 4.87. The Kier molecular flexibility index (Phi) is 4.43. The Morgan fingerprint density at radius 1 is 1.09 bits per heavy atom. The molecule has 0 aliphatic carbocycles. The van der Waals surface area contributed by atoms with Crippen LogP contribution in [0.3, 0.4) is 0 Å². The van der Waals surface area contributed by atoms with Gasteiger partial charge in [-0.15, -0.1) is 0 Å². The fourth-order valence-corrected chi connectivity index (χ4v) is 2.31. The molecular formula is C19H15FN2O. The smallest absolute Gasteiger partial charge is 0.244 e. The van der Waals surface area contributed by atoms with Crippen LogP contribution in [0.15, 0.2) is 66.9 Å². The molecule has 0 aliphatic heterocycles. The summed E-state index contributed by atoms with van der Waals surface area (Å²) in [7, 11) is 0. The van der Waals surface area contributed by atoms with Crippen molar-refractivity contribution in [2.75, 3.05) is 0 Å². The summed E-state index contributed by atoms with van der Waals surface area (Å²) in [5, 5.41) is 3.69. The van der Waals surface area contributed by atoms with E-state index in [1.807, 2.05) is 30.3 Å². The zero-order valence-corrected chi connectivity index (χ0v) is 12.4. The summed E-state index contributed by atoms with van der Waals surface area (Å²) >= 11 is 0. The van der Waals surface area contributed by atoms with E-state index in [1.165, 1.54) is 12.1 Å². The monoisotopic (exact) mass is 306 g/mol. The summed E-state index contributed by atoms with van der Waals surface area (Å²) in [5.74, 6) is -0.601. The molecular weight excluding hydrogens is 291 g/mol. The van der Waals surface area contributed by atoms with Gasteiger partial charge in [0.25, 0.3) is 0 Å². The minimum atomic E-state index is -0.324. The molecule has 4 heteroatoms. The van der Waals surface area contributed by atoms with Gasteiger partial charge < -0.3 is 5.32 Å². The summed E-state index contributed by atoms with van der Waals surface area (Å²) in [5.41, 5.74) is 2.17. The lowest BCUT2D eigenvalue weighted by atomic mass is 10.1. The Hall–Kier alpha value is -3.01. The highest BCUT2D eigenvalue weighted by atomic mass is 19.1. The zero-order chi connectivity index (χ0) is 16.1. The molecule has 0 atom stereocenters. The highest BCUT2D eigenvalue weighted by Crippen LogP contribution is 2.17. The number of para-hydroxylation sites is 1. The number of aromatic nitrogens is 1. The average molecular weight is 306 g/mol. The first-order valence-corrected chi connectivity index (χ1v) is 7.27.